The van der Waals surface area contributed by atoms with E-state index in [4.69, 9.17) is 9.47 Å². The van der Waals surface area contributed by atoms with E-state index in [1.165, 1.54) is 69.1 Å². The van der Waals surface area contributed by atoms with Crippen LogP contribution in [-0.2, 0) is 9.47 Å². The first-order valence-corrected chi connectivity index (χ1v) is 13.8. The van der Waals surface area contributed by atoms with E-state index in [0.29, 0.717) is 17.6 Å². The molecule has 1 aromatic heterocycles. The second-order valence-electron chi connectivity index (χ2n) is 11.8. The highest BCUT2D eigenvalue weighted by atomic mass is 79.9. The summed E-state index contributed by atoms with van der Waals surface area (Å²) in [6.07, 6.45) is 8.10. The summed E-state index contributed by atoms with van der Waals surface area (Å²) in [6, 6.07) is 17.8. The molecule has 1 heterocycles. The van der Waals surface area contributed by atoms with Gasteiger partial charge in [-0.2, -0.15) is 0 Å². The Kier molecular flexibility index (Phi) is 5.34. The Balaban J connectivity index is 1.43. The van der Waals surface area contributed by atoms with E-state index in [1.807, 2.05) is 11.3 Å². The predicted octanol–water partition coefficient (Wildman–Crippen LogP) is 8.99. The number of hydrogen-bond acceptors (Lipinski definition) is 3. The number of rotatable bonds is 6. The Morgan fingerprint density at radius 1 is 1.00 bits per heavy atom. The van der Waals surface area contributed by atoms with Gasteiger partial charge >= 0.3 is 0 Å². The monoisotopic (exact) mass is 524 g/mol. The SMILES string of the molecule is COCOC(c1cccc(-c2sc3ccccc3c2Br)c1)C12CC3CC(C)(CC(C)(C3)C1)C2. The summed E-state index contributed by atoms with van der Waals surface area (Å²) in [5.41, 5.74) is 3.69. The van der Waals surface area contributed by atoms with Crippen molar-refractivity contribution >= 4 is 37.4 Å². The lowest BCUT2D eigenvalue weighted by Crippen LogP contribution is -2.57. The molecule has 0 aliphatic heterocycles. The van der Waals surface area contributed by atoms with Gasteiger partial charge in [0.25, 0.3) is 0 Å². The van der Waals surface area contributed by atoms with Crippen molar-refractivity contribution in [3.8, 4) is 10.4 Å². The molecule has 0 amide bonds. The minimum Gasteiger partial charge on any atom is -0.359 e. The van der Waals surface area contributed by atoms with Gasteiger partial charge in [0, 0.05) is 32.0 Å². The Labute approximate surface area is 209 Å². The molecule has 174 valence electrons. The van der Waals surface area contributed by atoms with Gasteiger partial charge in [-0.05, 0) is 94.5 Å². The third-order valence-electron chi connectivity index (χ3n) is 8.56. The van der Waals surface area contributed by atoms with E-state index in [1.54, 1.807) is 7.11 Å². The number of methoxy groups -OCH3 is 1. The lowest BCUT2D eigenvalue weighted by molar-refractivity contribution is -0.217. The van der Waals surface area contributed by atoms with E-state index in [0.717, 1.165) is 5.92 Å². The molecule has 4 heteroatoms. The average molecular weight is 526 g/mol. The molecule has 0 radical (unpaired) electrons. The summed E-state index contributed by atoms with van der Waals surface area (Å²) in [4.78, 5) is 1.30. The topological polar surface area (TPSA) is 18.5 Å². The van der Waals surface area contributed by atoms with Crippen LogP contribution < -0.4 is 0 Å². The third-order valence-corrected chi connectivity index (χ3v) is 10.9. The summed E-state index contributed by atoms with van der Waals surface area (Å²) in [6.45, 7) is 5.44. The first kappa shape index (κ1) is 22.3. The van der Waals surface area contributed by atoms with E-state index in [9.17, 15) is 0 Å². The number of thiophene rings is 1. The maximum atomic E-state index is 6.60. The molecule has 33 heavy (non-hydrogen) atoms. The molecule has 4 aliphatic carbocycles. The quantitative estimate of drug-likeness (QED) is 0.299. The molecule has 3 atom stereocenters. The minimum atomic E-state index is 0.0765. The average Bonchev–Trinajstić information content (AvgIpc) is 3.08. The van der Waals surface area contributed by atoms with Crippen LogP contribution in [0.5, 0.6) is 0 Å². The Hall–Kier alpha value is -1.20. The highest BCUT2D eigenvalue weighted by Crippen LogP contribution is 2.72. The summed E-state index contributed by atoms with van der Waals surface area (Å²) in [5.74, 6) is 0.838. The number of ether oxygens (including phenoxy) is 2. The molecule has 4 bridgehead atoms. The zero-order valence-electron chi connectivity index (χ0n) is 19.8. The van der Waals surface area contributed by atoms with E-state index in [2.05, 4.69) is 78.3 Å². The van der Waals surface area contributed by atoms with Gasteiger partial charge in [-0.1, -0.05) is 50.2 Å². The van der Waals surface area contributed by atoms with Crippen LogP contribution in [0.15, 0.2) is 53.0 Å². The van der Waals surface area contributed by atoms with Gasteiger partial charge in [-0.3, -0.25) is 0 Å². The standard InChI is InChI=1S/C29H33BrO2S/c1-27-12-19-13-28(2,15-27)17-29(14-19,16-27)26(32-18-31-3)21-8-6-7-20(11-21)25-24(30)22-9-4-5-10-23(22)33-25/h4-11,19,26H,12-18H2,1-3H3. The van der Waals surface area contributed by atoms with Crippen LogP contribution >= 0.6 is 27.3 Å². The van der Waals surface area contributed by atoms with E-state index >= 15 is 0 Å². The lowest BCUT2D eigenvalue weighted by atomic mass is 9.39. The van der Waals surface area contributed by atoms with Crippen molar-refractivity contribution in [1.29, 1.82) is 0 Å². The van der Waals surface area contributed by atoms with Crippen LogP contribution in [0, 0.1) is 22.2 Å². The summed E-state index contributed by atoms with van der Waals surface area (Å²) in [5, 5.41) is 1.29. The summed E-state index contributed by atoms with van der Waals surface area (Å²) < 4.78 is 14.6. The van der Waals surface area contributed by atoms with Crippen molar-refractivity contribution in [2.45, 2.75) is 58.5 Å². The zero-order chi connectivity index (χ0) is 22.8. The van der Waals surface area contributed by atoms with Crippen molar-refractivity contribution < 1.29 is 9.47 Å². The first-order valence-electron chi connectivity index (χ1n) is 12.2. The Morgan fingerprint density at radius 2 is 1.76 bits per heavy atom. The largest absolute Gasteiger partial charge is 0.359 e. The van der Waals surface area contributed by atoms with Gasteiger partial charge in [0.1, 0.15) is 6.79 Å². The minimum absolute atomic E-state index is 0.0765. The second kappa shape index (κ2) is 7.91. The van der Waals surface area contributed by atoms with E-state index < -0.39 is 0 Å². The number of halogens is 1. The van der Waals surface area contributed by atoms with Crippen LogP contribution in [0.4, 0.5) is 0 Å². The van der Waals surface area contributed by atoms with Gasteiger partial charge in [-0.25, -0.2) is 0 Å². The number of fused-ring (bicyclic) bond motifs is 1. The molecule has 0 spiro atoms. The fourth-order valence-corrected chi connectivity index (χ4v) is 10.7. The van der Waals surface area contributed by atoms with Crippen molar-refractivity contribution in [3.05, 3.63) is 58.6 Å². The lowest BCUT2D eigenvalue weighted by Gasteiger charge is -2.67. The molecule has 2 nitrogen and oxygen atoms in total. The highest BCUT2D eigenvalue weighted by molar-refractivity contribution is 9.10. The molecule has 7 rings (SSSR count). The van der Waals surface area contributed by atoms with Gasteiger partial charge in [0.05, 0.1) is 6.10 Å². The van der Waals surface area contributed by atoms with Crippen molar-refractivity contribution in [2.75, 3.05) is 13.9 Å². The molecule has 3 unspecified atom stereocenters. The van der Waals surface area contributed by atoms with Gasteiger partial charge in [0.15, 0.2) is 0 Å². The molecular weight excluding hydrogens is 492 g/mol. The molecule has 4 aliphatic rings. The van der Waals surface area contributed by atoms with E-state index in [-0.39, 0.29) is 11.5 Å². The highest BCUT2D eigenvalue weighted by Gasteiger charge is 2.62. The summed E-state index contributed by atoms with van der Waals surface area (Å²) >= 11 is 5.76. The van der Waals surface area contributed by atoms with Crippen LogP contribution in [0.2, 0.25) is 0 Å². The van der Waals surface area contributed by atoms with Crippen LogP contribution in [0.25, 0.3) is 20.5 Å². The van der Waals surface area contributed by atoms with Gasteiger partial charge < -0.3 is 9.47 Å². The fraction of sp³-hybridized carbons (Fsp3) is 0.517. The summed E-state index contributed by atoms with van der Waals surface area (Å²) in [7, 11) is 1.74. The van der Waals surface area contributed by atoms with Crippen LogP contribution in [0.1, 0.15) is 64.0 Å². The van der Waals surface area contributed by atoms with Crippen molar-refractivity contribution in [2.24, 2.45) is 22.2 Å². The van der Waals surface area contributed by atoms with Crippen molar-refractivity contribution in [3.63, 3.8) is 0 Å². The number of hydrogen-bond donors (Lipinski definition) is 0. The maximum absolute atomic E-state index is 6.60. The molecule has 3 aromatic rings. The predicted molar refractivity (Wildman–Crippen MR) is 141 cm³/mol. The Bertz CT molecular complexity index is 1180. The van der Waals surface area contributed by atoms with Crippen molar-refractivity contribution in [1.82, 2.24) is 0 Å². The zero-order valence-corrected chi connectivity index (χ0v) is 22.2. The maximum Gasteiger partial charge on any atom is 0.147 e. The fourth-order valence-electron chi connectivity index (χ4n) is 8.63. The second-order valence-corrected chi connectivity index (χ2v) is 13.7. The Morgan fingerprint density at radius 3 is 2.45 bits per heavy atom. The third kappa shape index (κ3) is 3.73. The normalized spacial score (nSPS) is 33.6. The first-order chi connectivity index (χ1) is 15.8. The van der Waals surface area contributed by atoms with Crippen LogP contribution in [-0.4, -0.2) is 13.9 Å². The van der Waals surface area contributed by atoms with Gasteiger partial charge in [0.2, 0.25) is 0 Å². The molecule has 0 N–H and O–H groups in total. The van der Waals surface area contributed by atoms with Gasteiger partial charge in [-0.15, -0.1) is 11.3 Å². The molecule has 4 saturated carbocycles. The molecule has 4 fully saturated rings. The smallest absolute Gasteiger partial charge is 0.147 e. The number of benzene rings is 2. The molecule has 2 aromatic carbocycles. The molecule has 0 saturated heterocycles. The molecular formula is C29H33BrO2S. The van der Waals surface area contributed by atoms with Crippen LogP contribution in [0.3, 0.4) is 0 Å².